The van der Waals surface area contributed by atoms with Gasteiger partial charge in [-0.15, -0.1) is 0 Å². The number of hydrogen-bond acceptors (Lipinski definition) is 4. The molecule has 0 radical (unpaired) electrons. The van der Waals surface area contributed by atoms with Gasteiger partial charge in [0.15, 0.2) is 0 Å². The molecule has 0 fully saturated rings. The summed E-state index contributed by atoms with van der Waals surface area (Å²) in [5, 5.41) is 20.8. The normalized spacial score (nSPS) is 12.5. The number of benzene rings is 1. The van der Waals surface area contributed by atoms with Crippen LogP contribution in [0.15, 0.2) is 12.1 Å². The van der Waals surface area contributed by atoms with Crippen LogP contribution in [0.1, 0.15) is 30.6 Å². The lowest BCUT2D eigenvalue weighted by Gasteiger charge is -2.23. The molecule has 106 valence electrons. The minimum Gasteiger partial charge on any atom is -0.478 e. The van der Waals surface area contributed by atoms with Crippen molar-refractivity contribution in [2.45, 2.75) is 26.3 Å². The van der Waals surface area contributed by atoms with Crippen LogP contribution in [0, 0.1) is 11.7 Å². The number of anilines is 2. The van der Waals surface area contributed by atoms with Gasteiger partial charge in [-0.2, -0.15) is 0 Å². The van der Waals surface area contributed by atoms with Crippen LogP contribution < -0.4 is 11.1 Å². The first-order chi connectivity index (χ1) is 8.86. The molecule has 0 saturated carbocycles. The molecule has 0 saturated heterocycles. The van der Waals surface area contributed by atoms with Gasteiger partial charge >= 0.3 is 5.97 Å². The average Bonchev–Trinajstić information content (AvgIpc) is 2.32. The van der Waals surface area contributed by atoms with E-state index >= 15 is 0 Å². The number of nitrogens with one attached hydrogen (secondary N) is 1. The third-order valence-corrected chi connectivity index (χ3v) is 2.96. The molecule has 0 aromatic heterocycles. The number of rotatable bonds is 6. The number of carboxylic acids is 1. The second-order valence-electron chi connectivity index (χ2n) is 4.73. The van der Waals surface area contributed by atoms with Crippen molar-refractivity contribution in [3.05, 3.63) is 23.5 Å². The number of carboxylic acid groups (broad SMARTS) is 1. The number of hydrogen-bond donors (Lipinski definition) is 4. The van der Waals surface area contributed by atoms with Crippen LogP contribution in [0.25, 0.3) is 0 Å². The van der Waals surface area contributed by atoms with Crippen LogP contribution in [0.2, 0.25) is 0 Å². The smallest absolute Gasteiger partial charge is 0.338 e. The van der Waals surface area contributed by atoms with Gasteiger partial charge in [0.25, 0.3) is 0 Å². The summed E-state index contributed by atoms with van der Waals surface area (Å²) in [6.45, 7) is 3.93. The summed E-state index contributed by atoms with van der Waals surface area (Å²) in [5.41, 5.74) is 5.78. The maximum absolute atomic E-state index is 13.6. The van der Waals surface area contributed by atoms with E-state index in [-0.39, 0.29) is 24.3 Å². The van der Waals surface area contributed by atoms with Gasteiger partial charge in [-0.3, -0.25) is 0 Å². The van der Waals surface area contributed by atoms with E-state index < -0.39 is 17.3 Å². The fourth-order valence-corrected chi connectivity index (χ4v) is 1.79. The van der Waals surface area contributed by atoms with Crippen LogP contribution in [-0.4, -0.2) is 28.8 Å². The quantitative estimate of drug-likeness (QED) is 0.592. The van der Waals surface area contributed by atoms with Crippen molar-refractivity contribution in [3.8, 4) is 0 Å². The van der Waals surface area contributed by atoms with E-state index in [0.717, 1.165) is 12.1 Å². The largest absolute Gasteiger partial charge is 0.478 e. The van der Waals surface area contributed by atoms with Crippen molar-refractivity contribution in [3.63, 3.8) is 0 Å². The number of aliphatic hydroxyl groups is 1. The molecule has 0 heterocycles. The van der Waals surface area contributed by atoms with Crippen molar-refractivity contribution in [2.75, 3.05) is 17.7 Å². The predicted molar refractivity (Wildman–Crippen MR) is 71.7 cm³/mol. The molecular formula is C13H19FN2O3. The Hall–Kier alpha value is -1.82. The second kappa shape index (κ2) is 6.38. The van der Waals surface area contributed by atoms with Gasteiger partial charge in [0.05, 0.1) is 16.9 Å². The number of aromatic carboxylic acids is 1. The maximum atomic E-state index is 13.6. The Balaban J connectivity index is 3.01. The summed E-state index contributed by atoms with van der Waals surface area (Å²) < 4.78 is 13.6. The van der Waals surface area contributed by atoms with Crippen LogP contribution in [-0.2, 0) is 0 Å². The van der Waals surface area contributed by atoms with Crippen LogP contribution in [0.4, 0.5) is 15.8 Å². The summed E-state index contributed by atoms with van der Waals surface area (Å²) >= 11 is 0. The zero-order valence-electron chi connectivity index (χ0n) is 11.0. The van der Waals surface area contributed by atoms with Gasteiger partial charge in [-0.1, -0.05) is 13.8 Å². The Bertz CT molecular complexity index is 463. The van der Waals surface area contributed by atoms with Gasteiger partial charge in [0.2, 0.25) is 0 Å². The van der Waals surface area contributed by atoms with E-state index in [2.05, 4.69) is 5.32 Å². The lowest BCUT2D eigenvalue weighted by molar-refractivity contribution is 0.0692. The van der Waals surface area contributed by atoms with Crippen molar-refractivity contribution < 1.29 is 19.4 Å². The van der Waals surface area contributed by atoms with Crippen molar-refractivity contribution >= 4 is 17.3 Å². The van der Waals surface area contributed by atoms with Crippen LogP contribution in [0.3, 0.4) is 0 Å². The molecule has 0 spiro atoms. The zero-order valence-corrected chi connectivity index (χ0v) is 11.0. The van der Waals surface area contributed by atoms with E-state index in [9.17, 15) is 9.18 Å². The predicted octanol–water partition coefficient (Wildman–Crippen LogP) is 1.92. The van der Waals surface area contributed by atoms with Gasteiger partial charge in [0, 0.05) is 12.6 Å². The molecule has 1 aromatic rings. The third-order valence-electron chi connectivity index (χ3n) is 2.96. The van der Waals surface area contributed by atoms with Crippen molar-refractivity contribution in [1.82, 2.24) is 0 Å². The molecule has 19 heavy (non-hydrogen) atoms. The Morgan fingerprint density at radius 2 is 2.11 bits per heavy atom. The highest BCUT2D eigenvalue weighted by molar-refractivity contribution is 5.90. The molecule has 0 aliphatic heterocycles. The third kappa shape index (κ3) is 3.82. The molecule has 5 N–H and O–H groups in total. The van der Waals surface area contributed by atoms with Crippen molar-refractivity contribution in [2.24, 2.45) is 5.92 Å². The Labute approximate surface area is 111 Å². The van der Waals surface area contributed by atoms with Gasteiger partial charge < -0.3 is 21.3 Å². The highest BCUT2D eigenvalue weighted by atomic mass is 19.1. The van der Waals surface area contributed by atoms with Crippen LogP contribution >= 0.6 is 0 Å². The van der Waals surface area contributed by atoms with Gasteiger partial charge in [0.1, 0.15) is 5.82 Å². The highest BCUT2D eigenvalue weighted by Gasteiger charge is 2.17. The fraction of sp³-hybridized carbons (Fsp3) is 0.462. The fourth-order valence-electron chi connectivity index (χ4n) is 1.79. The molecule has 1 atom stereocenters. The molecule has 0 bridgehead atoms. The SMILES string of the molecule is CC(C)C(CCO)Nc1cc(F)c(C(=O)O)cc1N. The minimum atomic E-state index is -1.36. The van der Waals surface area contributed by atoms with Crippen molar-refractivity contribution in [1.29, 1.82) is 0 Å². The number of carbonyl (C=O) groups is 1. The number of nitrogen functional groups attached to an aromatic ring is 1. The Kier molecular flexibility index (Phi) is 5.11. The number of aliphatic hydroxyl groups excluding tert-OH is 1. The summed E-state index contributed by atoms with van der Waals surface area (Å²) in [4.78, 5) is 10.8. The topological polar surface area (TPSA) is 95.6 Å². The van der Waals surface area contributed by atoms with E-state index in [0.29, 0.717) is 12.1 Å². The minimum absolute atomic E-state index is 0.00540. The highest BCUT2D eigenvalue weighted by Crippen LogP contribution is 2.25. The summed E-state index contributed by atoms with van der Waals surface area (Å²) in [6, 6.07) is 2.10. The zero-order chi connectivity index (χ0) is 14.6. The Morgan fingerprint density at radius 1 is 1.47 bits per heavy atom. The molecule has 6 heteroatoms. The van der Waals surface area contributed by atoms with Gasteiger partial charge in [-0.25, -0.2) is 9.18 Å². The molecular weight excluding hydrogens is 251 g/mol. The first-order valence-electron chi connectivity index (χ1n) is 6.06. The molecule has 5 nitrogen and oxygen atoms in total. The van der Waals surface area contributed by atoms with Gasteiger partial charge in [-0.05, 0) is 24.5 Å². The molecule has 1 rings (SSSR count). The van der Waals surface area contributed by atoms with E-state index in [1.807, 2.05) is 13.8 Å². The first-order valence-corrected chi connectivity index (χ1v) is 6.06. The summed E-state index contributed by atoms with van der Waals surface area (Å²) in [6.07, 6.45) is 0.499. The molecule has 1 unspecified atom stereocenters. The molecule has 0 amide bonds. The molecule has 0 aliphatic rings. The standard InChI is InChI=1S/C13H19FN2O3/c1-7(2)11(3-4-17)16-12-6-9(14)8(13(18)19)5-10(12)15/h5-7,11,16-17H,3-4,15H2,1-2H3,(H,18,19). The molecule has 1 aromatic carbocycles. The summed E-state index contributed by atoms with van der Waals surface area (Å²) in [7, 11) is 0. The monoisotopic (exact) mass is 270 g/mol. The Morgan fingerprint density at radius 3 is 2.58 bits per heavy atom. The average molecular weight is 270 g/mol. The van der Waals surface area contributed by atoms with Crippen LogP contribution in [0.5, 0.6) is 0 Å². The second-order valence-corrected chi connectivity index (χ2v) is 4.73. The maximum Gasteiger partial charge on any atom is 0.338 e. The lowest BCUT2D eigenvalue weighted by atomic mass is 10.0. The van der Waals surface area contributed by atoms with E-state index in [1.54, 1.807) is 0 Å². The summed E-state index contributed by atoms with van der Waals surface area (Å²) in [5.74, 6) is -1.98. The first kappa shape index (κ1) is 15.2. The molecule has 0 aliphatic carbocycles. The number of nitrogens with two attached hydrogens (primary N) is 1. The van der Waals surface area contributed by atoms with E-state index in [4.69, 9.17) is 15.9 Å². The van der Waals surface area contributed by atoms with E-state index in [1.165, 1.54) is 0 Å². The lowest BCUT2D eigenvalue weighted by Crippen LogP contribution is -2.27. The number of halogens is 1.